The van der Waals surface area contributed by atoms with Crippen LogP contribution in [0.25, 0.3) is 0 Å². The van der Waals surface area contributed by atoms with Crippen molar-refractivity contribution in [2.24, 2.45) is 10.9 Å². The third-order valence-corrected chi connectivity index (χ3v) is 4.23. The van der Waals surface area contributed by atoms with Crippen molar-refractivity contribution in [3.8, 4) is 11.5 Å². The summed E-state index contributed by atoms with van der Waals surface area (Å²) in [6.45, 7) is 0.745. The van der Waals surface area contributed by atoms with E-state index in [2.05, 4.69) is 4.99 Å². The summed E-state index contributed by atoms with van der Waals surface area (Å²) in [5, 5.41) is 0. The smallest absolute Gasteiger partial charge is 0.163 e. The predicted octanol–water partition coefficient (Wildman–Crippen LogP) is 3.70. The molecule has 21 heavy (non-hydrogen) atoms. The molecule has 0 N–H and O–H groups in total. The van der Waals surface area contributed by atoms with Crippen molar-refractivity contribution >= 4 is 17.2 Å². The molecule has 0 aliphatic heterocycles. The van der Waals surface area contributed by atoms with Crippen LogP contribution in [-0.2, 0) is 4.79 Å². The minimum absolute atomic E-state index is 0.281. The predicted molar refractivity (Wildman–Crippen MR) is 81.8 cm³/mol. The molecule has 0 heterocycles. The van der Waals surface area contributed by atoms with E-state index in [9.17, 15) is 4.79 Å². The van der Waals surface area contributed by atoms with E-state index < -0.39 is 0 Å². The summed E-state index contributed by atoms with van der Waals surface area (Å²) in [5.74, 6) is 2.44. The minimum atomic E-state index is 0.281. The average Bonchev–Trinajstić information content (AvgIpc) is 2.83. The Balaban J connectivity index is 1.73. The van der Waals surface area contributed by atoms with Gasteiger partial charge in [0.2, 0.25) is 0 Å². The Morgan fingerprint density at radius 2 is 2.10 bits per heavy atom. The van der Waals surface area contributed by atoms with Gasteiger partial charge in [0.25, 0.3) is 0 Å². The van der Waals surface area contributed by atoms with E-state index in [1.54, 1.807) is 7.11 Å². The molecule has 0 spiro atoms. The van der Waals surface area contributed by atoms with Crippen molar-refractivity contribution < 1.29 is 14.3 Å². The third-order valence-electron chi connectivity index (χ3n) is 4.23. The number of rotatable bonds is 5. The lowest BCUT2D eigenvalue weighted by molar-refractivity contribution is -0.116. The van der Waals surface area contributed by atoms with Crippen LogP contribution in [0.2, 0.25) is 0 Å². The van der Waals surface area contributed by atoms with E-state index in [0.29, 0.717) is 18.8 Å². The van der Waals surface area contributed by atoms with Crippen LogP contribution in [0.1, 0.15) is 38.5 Å². The third kappa shape index (κ3) is 3.43. The normalized spacial score (nSPS) is 20.6. The highest BCUT2D eigenvalue weighted by molar-refractivity contribution is 6.09. The molecule has 1 aromatic carbocycles. The van der Waals surface area contributed by atoms with E-state index in [4.69, 9.17) is 9.47 Å². The van der Waals surface area contributed by atoms with Gasteiger partial charge in [-0.1, -0.05) is 6.42 Å². The Morgan fingerprint density at radius 1 is 1.24 bits per heavy atom. The van der Waals surface area contributed by atoms with Gasteiger partial charge in [0.05, 0.1) is 19.4 Å². The zero-order valence-electron chi connectivity index (χ0n) is 12.4. The number of carbonyl (C=O) groups excluding carboxylic acids is 1. The standard InChI is InChI=1S/C17H21NO3/c1-20-16-8-6-14(18-13-5-7-15(19)9-13)10-17(16)21-11-12-3-2-4-12/h6,8,10,12H,2-5,7,9,11H2,1H3. The highest BCUT2D eigenvalue weighted by atomic mass is 16.5. The molecule has 2 aliphatic rings. The topological polar surface area (TPSA) is 47.9 Å². The van der Waals surface area contributed by atoms with Gasteiger partial charge in [0.15, 0.2) is 11.5 Å². The van der Waals surface area contributed by atoms with Crippen LogP contribution in [0.5, 0.6) is 11.5 Å². The molecule has 0 atom stereocenters. The second kappa shape index (κ2) is 6.29. The summed E-state index contributed by atoms with van der Waals surface area (Å²) >= 11 is 0. The second-order valence-electron chi connectivity index (χ2n) is 5.84. The van der Waals surface area contributed by atoms with Crippen LogP contribution >= 0.6 is 0 Å². The molecule has 4 nitrogen and oxygen atoms in total. The Bertz CT molecular complexity index is 561. The quantitative estimate of drug-likeness (QED) is 0.829. The Labute approximate surface area is 125 Å². The van der Waals surface area contributed by atoms with Gasteiger partial charge in [-0.2, -0.15) is 0 Å². The Morgan fingerprint density at radius 3 is 2.71 bits per heavy atom. The number of carbonyl (C=O) groups is 1. The van der Waals surface area contributed by atoms with E-state index in [0.717, 1.165) is 35.9 Å². The van der Waals surface area contributed by atoms with Gasteiger partial charge in [-0.3, -0.25) is 9.79 Å². The Hall–Kier alpha value is -1.84. The number of ether oxygens (including phenoxy) is 2. The lowest BCUT2D eigenvalue weighted by Crippen LogP contribution is -2.19. The highest BCUT2D eigenvalue weighted by Crippen LogP contribution is 2.34. The first-order chi connectivity index (χ1) is 10.2. The van der Waals surface area contributed by atoms with Gasteiger partial charge in [0, 0.05) is 24.6 Å². The second-order valence-corrected chi connectivity index (χ2v) is 5.84. The fraction of sp³-hybridized carbons (Fsp3) is 0.529. The first-order valence-electron chi connectivity index (χ1n) is 7.63. The van der Waals surface area contributed by atoms with Crippen molar-refractivity contribution in [1.29, 1.82) is 0 Å². The Kier molecular flexibility index (Phi) is 4.23. The lowest BCUT2D eigenvalue weighted by atomic mass is 9.86. The van der Waals surface area contributed by atoms with Crippen molar-refractivity contribution in [2.75, 3.05) is 13.7 Å². The number of ketones is 1. The lowest BCUT2D eigenvalue weighted by Gasteiger charge is -2.25. The van der Waals surface area contributed by atoms with Crippen molar-refractivity contribution in [1.82, 2.24) is 0 Å². The average molecular weight is 287 g/mol. The van der Waals surface area contributed by atoms with Crippen molar-refractivity contribution in [3.05, 3.63) is 18.2 Å². The van der Waals surface area contributed by atoms with Crippen LogP contribution in [0.4, 0.5) is 5.69 Å². The van der Waals surface area contributed by atoms with Gasteiger partial charge < -0.3 is 9.47 Å². The molecule has 0 unspecified atom stereocenters. The van der Waals surface area contributed by atoms with Crippen LogP contribution in [0, 0.1) is 5.92 Å². The molecule has 0 aromatic heterocycles. The molecule has 0 bridgehead atoms. The first kappa shape index (κ1) is 14.1. The van der Waals surface area contributed by atoms with E-state index >= 15 is 0 Å². The molecule has 2 aliphatic carbocycles. The number of Topliss-reactive ketones (excluding diaryl/α,β-unsaturated/α-hetero) is 1. The highest BCUT2D eigenvalue weighted by Gasteiger charge is 2.19. The van der Waals surface area contributed by atoms with Crippen LogP contribution in [0.3, 0.4) is 0 Å². The summed E-state index contributed by atoms with van der Waals surface area (Å²) in [6, 6.07) is 5.70. The van der Waals surface area contributed by atoms with Gasteiger partial charge >= 0.3 is 0 Å². The van der Waals surface area contributed by atoms with Crippen molar-refractivity contribution in [2.45, 2.75) is 38.5 Å². The van der Waals surface area contributed by atoms with Gasteiger partial charge in [-0.15, -0.1) is 0 Å². The molecule has 3 rings (SSSR count). The van der Waals surface area contributed by atoms with E-state index in [1.807, 2.05) is 18.2 Å². The maximum absolute atomic E-state index is 11.3. The molecule has 0 amide bonds. The fourth-order valence-electron chi connectivity index (χ4n) is 2.68. The SMILES string of the molecule is COc1ccc(N=C2CCC(=O)C2)cc1OCC1CCC1. The van der Waals surface area contributed by atoms with Gasteiger partial charge in [-0.25, -0.2) is 0 Å². The number of benzene rings is 1. The summed E-state index contributed by atoms with van der Waals surface area (Å²) < 4.78 is 11.2. The zero-order valence-corrected chi connectivity index (χ0v) is 12.4. The van der Waals surface area contributed by atoms with Crippen molar-refractivity contribution in [3.63, 3.8) is 0 Å². The number of hydrogen-bond donors (Lipinski definition) is 0. The van der Waals surface area contributed by atoms with Crippen LogP contribution in [0.15, 0.2) is 23.2 Å². The number of aliphatic imine (C=N–C) groups is 1. The molecular weight excluding hydrogens is 266 g/mol. The summed E-state index contributed by atoms with van der Waals surface area (Å²) in [4.78, 5) is 15.9. The van der Waals surface area contributed by atoms with Crippen LogP contribution < -0.4 is 9.47 Å². The molecule has 4 heteroatoms. The number of hydrogen-bond acceptors (Lipinski definition) is 4. The zero-order chi connectivity index (χ0) is 14.7. The summed E-state index contributed by atoms with van der Waals surface area (Å²) in [5.41, 5.74) is 1.80. The van der Waals surface area contributed by atoms with Gasteiger partial charge in [-0.05, 0) is 37.3 Å². The summed E-state index contributed by atoms with van der Waals surface area (Å²) in [6.07, 6.45) is 5.72. The molecule has 0 saturated heterocycles. The first-order valence-corrected chi connectivity index (χ1v) is 7.63. The molecule has 1 aromatic rings. The summed E-state index contributed by atoms with van der Waals surface area (Å²) in [7, 11) is 1.65. The number of methoxy groups -OCH3 is 1. The molecule has 112 valence electrons. The van der Waals surface area contributed by atoms with Crippen LogP contribution in [-0.4, -0.2) is 25.2 Å². The van der Waals surface area contributed by atoms with Gasteiger partial charge in [0.1, 0.15) is 5.78 Å². The molecule has 2 fully saturated rings. The maximum atomic E-state index is 11.3. The minimum Gasteiger partial charge on any atom is -0.493 e. The fourth-order valence-corrected chi connectivity index (χ4v) is 2.68. The molecule has 0 radical (unpaired) electrons. The maximum Gasteiger partial charge on any atom is 0.163 e. The largest absolute Gasteiger partial charge is 0.493 e. The van der Waals surface area contributed by atoms with E-state index in [-0.39, 0.29) is 5.78 Å². The monoisotopic (exact) mass is 287 g/mol. The molecule has 2 saturated carbocycles. The van der Waals surface area contributed by atoms with E-state index in [1.165, 1.54) is 19.3 Å². The number of nitrogens with zero attached hydrogens (tertiary/aromatic N) is 1. The molecular formula is C17H21NO3.